The second-order valence-corrected chi connectivity index (χ2v) is 11.3. The molecule has 0 bridgehead atoms. The van der Waals surface area contributed by atoms with E-state index in [1.807, 2.05) is 0 Å². The minimum absolute atomic E-state index is 0.0285. The van der Waals surface area contributed by atoms with Gasteiger partial charge in [-0.05, 0) is 76.9 Å². The van der Waals surface area contributed by atoms with Crippen LogP contribution in [0.2, 0.25) is 0 Å². The van der Waals surface area contributed by atoms with Crippen molar-refractivity contribution >= 4 is 21.8 Å². The first-order valence-corrected chi connectivity index (χ1v) is 11.5. The molecule has 0 amide bonds. The minimum Gasteiger partial charge on any atom is -0.460 e. The average molecular weight is 447 g/mol. The van der Waals surface area contributed by atoms with Gasteiger partial charge in [-0.1, -0.05) is 24.3 Å². The number of hydrogen-bond acceptors (Lipinski definition) is 6. The van der Waals surface area contributed by atoms with Gasteiger partial charge in [-0.2, -0.15) is 0 Å². The molecule has 0 aliphatic rings. The van der Waals surface area contributed by atoms with E-state index in [0.717, 1.165) is 0 Å². The zero-order chi connectivity index (χ0) is 23.4. The van der Waals surface area contributed by atoms with E-state index in [2.05, 4.69) is 0 Å². The Morgan fingerprint density at radius 1 is 0.710 bits per heavy atom. The Morgan fingerprint density at radius 2 is 1.06 bits per heavy atom. The predicted molar refractivity (Wildman–Crippen MR) is 117 cm³/mol. The van der Waals surface area contributed by atoms with Gasteiger partial charge < -0.3 is 9.47 Å². The lowest BCUT2D eigenvalue weighted by molar-refractivity contribution is -0.155. The van der Waals surface area contributed by atoms with Crippen LogP contribution in [0.5, 0.6) is 0 Å². The molecule has 0 aromatic heterocycles. The van der Waals surface area contributed by atoms with E-state index >= 15 is 0 Å². The molecule has 31 heavy (non-hydrogen) atoms. The van der Waals surface area contributed by atoms with Crippen LogP contribution in [-0.2, 0) is 41.7 Å². The number of ether oxygens (including phenoxy) is 2. The van der Waals surface area contributed by atoms with Crippen LogP contribution in [-0.4, -0.2) is 31.6 Å². The number of carbonyl (C=O) groups is 2. The Morgan fingerprint density at radius 3 is 1.39 bits per heavy atom. The number of sulfone groups is 1. The third-order valence-corrected chi connectivity index (χ3v) is 5.70. The number of esters is 2. The number of benzene rings is 2. The van der Waals surface area contributed by atoms with Crippen LogP contribution in [0.1, 0.15) is 52.7 Å². The van der Waals surface area contributed by atoms with Crippen LogP contribution in [0, 0.1) is 0 Å². The predicted octanol–water partition coefficient (Wildman–Crippen LogP) is 4.29. The van der Waals surface area contributed by atoms with Crippen LogP contribution in [0.4, 0.5) is 0 Å². The van der Waals surface area contributed by atoms with Gasteiger partial charge in [-0.25, -0.2) is 8.42 Å². The summed E-state index contributed by atoms with van der Waals surface area (Å²) in [6.45, 7) is 10.6. The molecule has 0 spiro atoms. The molecule has 2 aromatic rings. The van der Waals surface area contributed by atoms with Gasteiger partial charge in [0.25, 0.3) is 0 Å². The molecule has 0 fully saturated rings. The first-order valence-electron chi connectivity index (χ1n) is 10.0. The summed E-state index contributed by atoms with van der Waals surface area (Å²) < 4.78 is 36.9. The molecule has 0 radical (unpaired) electrons. The third kappa shape index (κ3) is 7.83. The fourth-order valence-corrected chi connectivity index (χ4v) is 4.27. The molecule has 0 aliphatic heterocycles. The zero-order valence-electron chi connectivity index (χ0n) is 18.9. The summed E-state index contributed by atoms with van der Waals surface area (Å²) in [5, 5.41) is 0. The maximum absolute atomic E-state index is 13.1. The molecule has 0 atom stereocenters. The molecule has 6 nitrogen and oxygen atoms in total. The van der Waals surface area contributed by atoms with Crippen molar-refractivity contribution in [3.63, 3.8) is 0 Å². The van der Waals surface area contributed by atoms with Crippen molar-refractivity contribution in [2.24, 2.45) is 0 Å². The highest BCUT2D eigenvalue weighted by molar-refractivity contribution is 7.91. The summed E-state index contributed by atoms with van der Waals surface area (Å²) in [4.78, 5) is 24.3. The summed E-state index contributed by atoms with van der Waals surface area (Å²) in [5.74, 6) is -0.859. The Hall–Kier alpha value is -2.67. The molecule has 0 aliphatic carbocycles. The standard InChI is InChI=1S/C24H30O6S/c1-23(2,3)29-21(25)15-17-9-7-11-19(13-17)31(27,28)20-12-8-10-18(14-20)16-22(26)30-24(4,5)6/h7-14H,15-16H2,1-6H3. The molecule has 0 saturated carbocycles. The summed E-state index contributed by atoms with van der Waals surface area (Å²) in [7, 11) is -3.83. The number of rotatable bonds is 6. The highest BCUT2D eigenvalue weighted by Gasteiger charge is 2.22. The van der Waals surface area contributed by atoms with Gasteiger partial charge in [-0.3, -0.25) is 9.59 Å². The van der Waals surface area contributed by atoms with Gasteiger partial charge in [0.1, 0.15) is 11.2 Å². The van der Waals surface area contributed by atoms with E-state index in [0.29, 0.717) is 11.1 Å². The zero-order valence-corrected chi connectivity index (χ0v) is 19.7. The Balaban J connectivity index is 2.24. The van der Waals surface area contributed by atoms with Gasteiger partial charge in [0.05, 0.1) is 22.6 Å². The average Bonchev–Trinajstić information content (AvgIpc) is 2.58. The maximum atomic E-state index is 13.1. The van der Waals surface area contributed by atoms with E-state index < -0.39 is 33.0 Å². The van der Waals surface area contributed by atoms with E-state index in [-0.39, 0.29) is 22.6 Å². The first kappa shape index (κ1) is 24.6. The van der Waals surface area contributed by atoms with Crippen molar-refractivity contribution in [3.8, 4) is 0 Å². The Kier molecular flexibility index (Phi) is 7.32. The smallest absolute Gasteiger partial charge is 0.310 e. The lowest BCUT2D eigenvalue weighted by Crippen LogP contribution is -2.25. The molecular formula is C24H30O6S. The summed E-state index contributed by atoms with van der Waals surface area (Å²) in [5.41, 5.74) is -0.148. The van der Waals surface area contributed by atoms with Gasteiger partial charge in [-0.15, -0.1) is 0 Å². The van der Waals surface area contributed by atoms with Crippen molar-refractivity contribution in [1.82, 2.24) is 0 Å². The monoisotopic (exact) mass is 446 g/mol. The third-order valence-electron chi connectivity index (χ3n) is 3.95. The van der Waals surface area contributed by atoms with E-state index in [1.165, 1.54) is 24.3 Å². The highest BCUT2D eigenvalue weighted by Crippen LogP contribution is 2.24. The van der Waals surface area contributed by atoms with Gasteiger partial charge >= 0.3 is 11.9 Å². The van der Waals surface area contributed by atoms with Crippen molar-refractivity contribution in [2.45, 2.75) is 75.4 Å². The van der Waals surface area contributed by atoms with Crippen molar-refractivity contribution in [2.75, 3.05) is 0 Å². The molecule has 0 heterocycles. The van der Waals surface area contributed by atoms with Crippen LogP contribution in [0.3, 0.4) is 0 Å². The van der Waals surface area contributed by atoms with Crippen LogP contribution >= 0.6 is 0 Å². The molecule has 2 rings (SSSR count). The molecule has 0 N–H and O–H groups in total. The summed E-state index contributed by atoms with van der Waals surface area (Å²) in [6, 6.07) is 12.5. The van der Waals surface area contributed by atoms with E-state index in [1.54, 1.807) is 65.8 Å². The van der Waals surface area contributed by atoms with Crippen LogP contribution in [0.15, 0.2) is 58.3 Å². The lowest BCUT2D eigenvalue weighted by atomic mass is 10.1. The molecule has 0 saturated heterocycles. The minimum atomic E-state index is -3.83. The number of carbonyl (C=O) groups excluding carboxylic acids is 2. The molecular weight excluding hydrogens is 416 g/mol. The normalized spacial score (nSPS) is 12.3. The molecule has 2 aromatic carbocycles. The second-order valence-electron chi connectivity index (χ2n) is 9.32. The van der Waals surface area contributed by atoms with Crippen LogP contribution < -0.4 is 0 Å². The van der Waals surface area contributed by atoms with Crippen molar-refractivity contribution in [3.05, 3.63) is 59.7 Å². The highest BCUT2D eigenvalue weighted by atomic mass is 32.2. The van der Waals surface area contributed by atoms with Crippen molar-refractivity contribution in [1.29, 1.82) is 0 Å². The fourth-order valence-electron chi connectivity index (χ4n) is 2.87. The van der Waals surface area contributed by atoms with Gasteiger partial charge in [0.15, 0.2) is 0 Å². The first-order chi connectivity index (χ1) is 14.2. The van der Waals surface area contributed by atoms with E-state index in [9.17, 15) is 18.0 Å². The fraction of sp³-hybridized carbons (Fsp3) is 0.417. The largest absolute Gasteiger partial charge is 0.460 e. The SMILES string of the molecule is CC(C)(C)OC(=O)Cc1cccc(S(=O)(=O)c2cccc(CC(=O)OC(C)(C)C)c2)c1. The molecule has 168 valence electrons. The van der Waals surface area contributed by atoms with Crippen LogP contribution in [0.25, 0.3) is 0 Å². The Labute approximate surface area is 184 Å². The summed E-state index contributed by atoms with van der Waals surface area (Å²) >= 11 is 0. The Bertz CT molecular complexity index is 976. The van der Waals surface area contributed by atoms with Crippen molar-refractivity contribution < 1.29 is 27.5 Å². The summed E-state index contributed by atoms with van der Waals surface area (Å²) in [6.07, 6.45) is -0.0569. The lowest BCUT2D eigenvalue weighted by Gasteiger charge is -2.19. The maximum Gasteiger partial charge on any atom is 0.310 e. The molecule has 0 unspecified atom stereocenters. The number of hydrogen-bond donors (Lipinski definition) is 0. The van der Waals surface area contributed by atoms with E-state index in [4.69, 9.17) is 9.47 Å². The quantitative estimate of drug-likeness (QED) is 0.615. The van der Waals surface area contributed by atoms with Gasteiger partial charge in [0, 0.05) is 0 Å². The topological polar surface area (TPSA) is 86.7 Å². The van der Waals surface area contributed by atoms with Gasteiger partial charge in [0.2, 0.25) is 9.84 Å². The second kappa shape index (κ2) is 9.22. The molecule has 7 heteroatoms.